The summed E-state index contributed by atoms with van der Waals surface area (Å²) in [6.45, 7) is 3.69. The molecule has 0 spiro atoms. The van der Waals surface area contributed by atoms with Crippen LogP contribution >= 0.6 is 0 Å². The van der Waals surface area contributed by atoms with Crippen molar-refractivity contribution >= 4 is 5.90 Å². The van der Waals surface area contributed by atoms with Crippen LogP contribution in [0.2, 0.25) is 0 Å². The maximum atomic E-state index is 5.49. The number of rotatable bonds is 5. The van der Waals surface area contributed by atoms with Gasteiger partial charge in [0.15, 0.2) is 6.17 Å². The molecule has 2 aliphatic heterocycles. The van der Waals surface area contributed by atoms with Crippen molar-refractivity contribution in [2.24, 2.45) is 4.99 Å². The number of benzene rings is 1. The van der Waals surface area contributed by atoms with Crippen molar-refractivity contribution in [3.05, 3.63) is 35.9 Å². The summed E-state index contributed by atoms with van der Waals surface area (Å²) in [5, 5.41) is 0. The highest BCUT2D eigenvalue weighted by Crippen LogP contribution is 2.20. The quantitative estimate of drug-likeness (QED) is 0.896. The van der Waals surface area contributed by atoms with E-state index in [4.69, 9.17) is 4.84 Å². The first-order valence-corrected chi connectivity index (χ1v) is 7.68. The van der Waals surface area contributed by atoms with Crippen LogP contribution in [-0.4, -0.2) is 30.4 Å². The number of likely N-dealkylation sites (tertiary alicyclic amines) is 1. The standard InChI is InChI=1S/C16H23N3O/c1-3-8-14(9-4-1)16-17-15(20-18-16)10-7-13-19-11-5-2-6-12-19/h1,3-4,8-9,16,18H,2,5-7,10-13H2/t16-/m1/s1. The summed E-state index contributed by atoms with van der Waals surface area (Å²) in [6.07, 6.45) is 6.12. The molecular weight excluding hydrogens is 250 g/mol. The second kappa shape index (κ2) is 6.86. The number of hydrogen-bond donors (Lipinski definition) is 1. The highest BCUT2D eigenvalue weighted by atomic mass is 16.7. The molecule has 108 valence electrons. The van der Waals surface area contributed by atoms with Crippen LogP contribution in [0.1, 0.15) is 43.8 Å². The van der Waals surface area contributed by atoms with Crippen LogP contribution in [0.4, 0.5) is 0 Å². The SMILES string of the molecule is c1ccc([C@@H]2N=C(CCCN3CCCCC3)ON2)cc1. The molecule has 0 aliphatic carbocycles. The number of nitrogens with zero attached hydrogens (tertiary/aromatic N) is 2. The minimum atomic E-state index is -0.0406. The largest absolute Gasteiger partial charge is 0.391 e. The molecule has 0 bridgehead atoms. The molecule has 1 aromatic carbocycles. The average molecular weight is 273 g/mol. The third-order valence-electron chi connectivity index (χ3n) is 3.99. The first kappa shape index (κ1) is 13.6. The fraction of sp³-hybridized carbons (Fsp3) is 0.562. The van der Waals surface area contributed by atoms with E-state index in [1.807, 2.05) is 18.2 Å². The minimum Gasteiger partial charge on any atom is -0.391 e. The Morgan fingerprint density at radius 2 is 1.95 bits per heavy atom. The fourth-order valence-electron chi connectivity index (χ4n) is 2.85. The van der Waals surface area contributed by atoms with Crippen molar-refractivity contribution in [2.75, 3.05) is 19.6 Å². The molecule has 1 aromatic rings. The molecule has 1 atom stereocenters. The zero-order valence-corrected chi connectivity index (χ0v) is 11.9. The van der Waals surface area contributed by atoms with Crippen molar-refractivity contribution in [3.63, 3.8) is 0 Å². The van der Waals surface area contributed by atoms with Crippen molar-refractivity contribution in [1.82, 2.24) is 10.4 Å². The smallest absolute Gasteiger partial charge is 0.211 e. The lowest BCUT2D eigenvalue weighted by Gasteiger charge is -2.26. The minimum absolute atomic E-state index is 0.0406. The highest BCUT2D eigenvalue weighted by molar-refractivity contribution is 5.77. The molecule has 0 saturated carbocycles. The van der Waals surface area contributed by atoms with E-state index in [1.54, 1.807) is 0 Å². The number of piperidine rings is 1. The van der Waals surface area contributed by atoms with Gasteiger partial charge in [-0.3, -0.25) is 0 Å². The molecule has 4 heteroatoms. The van der Waals surface area contributed by atoms with Crippen LogP contribution in [0.25, 0.3) is 0 Å². The van der Waals surface area contributed by atoms with Gasteiger partial charge in [-0.15, -0.1) is 5.48 Å². The zero-order chi connectivity index (χ0) is 13.6. The lowest BCUT2D eigenvalue weighted by atomic mass is 10.1. The molecule has 0 radical (unpaired) electrons. The van der Waals surface area contributed by atoms with Crippen molar-refractivity contribution < 1.29 is 4.84 Å². The molecule has 2 aliphatic rings. The van der Waals surface area contributed by atoms with Crippen molar-refractivity contribution in [3.8, 4) is 0 Å². The maximum Gasteiger partial charge on any atom is 0.211 e. The van der Waals surface area contributed by atoms with Gasteiger partial charge < -0.3 is 9.74 Å². The Balaban J connectivity index is 1.44. The van der Waals surface area contributed by atoms with Gasteiger partial charge >= 0.3 is 0 Å². The van der Waals surface area contributed by atoms with E-state index in [0.29, 0.717) is 0 Å². The molecule has 4 nitrogen and oxygen atoms in total. The first-order chi connectivity index (χ1) is 9.92. The predicted molar refractivity (Wildman–Crippen MR) is 80.4 cm³/mol. The first-order valence-electron chi connectivity index (χ1n) is 7.68. The lowest BCUT2D eigenvalue weighted by Crippen LogP contribution is -2.30. The maximum absolute atomic E-state index is 5.49. The molecule has 1 N–H and O–H groups in total. The van der Waals surface area contributed by atoms with Gasteiger partial charge in [0, 0.05) is 6.42 Å². The van der Waals surface area contributed by atoms with Crippen molar-refractivity contribution in [2.45, 2.75) is 38.3 Å². The molecule has 20 heavy (non-hydrogen) atoms. The van der Waals surface area contributed by atoms with Crippen LogP contribution in [0.15, 0.2) is 35.3 Å². The third-order valence-corrected chi connectivity index (χ3v) is 3.99. The Hall–Kier alpha value is -1.39. The molecule has 0 unspecified atom stereocenters. The lowest BCUT2D eigenvalue weighted by molar-refractivity contribution is 0.172. The number of nitrogens with one attached hydrogen (secondary N) is 1. The van der Waals surface area contributed by atoms with Gasteiger partial charge in [-0.2, -0.15) is 0 Å². The summed E-state index contributed by atoms with van der Waals surface area (Å²) < 4.78 is 0. The van der Waals surface area contributed by atoms with Crippen LogP contribution in [0, 0.1) is 0 Å². The van der Waals surface area contributed by atoms with Gasteiger partial charge in [0.25, 0.3) is 0 Å². The van der Waals surface area contributed by atoms with E-state index in [2.05, 4.69) is 27.5 Å². The monoisotopic (exact) mass is 273 g/mol. The molecular formula is C16H23N3O. The number of hydroxylamine groups is 1. The second-order valence-corrected chi connectivity index (χ2v) is 5.56. The fourth-order valence-corrected chi connectivity index (χ4v) is 2.85. The highest BCUT2D eigenvalue weighted by Gasteiger charge is 2.19. The van der Waals surface area contributed by atoms with Crippen LogP contribution < -0.4 is 5.48 Å². The Bertz CT molecular complexity index is 440. The Kier molecular flexibility index (Phi) is 4.66. The molecule has 0 amide bonds. The zero-order valence-electron chi connectivity index (χ0n) is 11.9. The summed E-state index contributed by atoms with van der Waals surface area (Å²) in [5.74, 6) is 0.843. The molecule has 0 aromatic heterocycles. The van der Waals surface area contributed by atoms with Gasteiger partial charge in [0.05, 0.1) is 0 Å². The number of hydrogen-bond acceptors (Lipinski definition) is 4. The normalized spacial score (nSPS) is 23.4. The molecule has 3 rings (SSSR count). The van der Waals surface area contributed by atoms with E-state index in [1.165, 1.54) is 38.9 Å². The van der Waals surface area contributed by atoms with Gasteiger partial charge in [-0.25, -0.2) is 4.99 Å². The molecule has 1 saturated heterocycles. The van der Waals surface area contributed by atoms with Crippen LogP contribution in [0.5, 0.6) is 0 Å². The van der Waals surface area contributed by atoms with Gasteiger partial charge in [0.1, 0.15) is 0 Å². The Labute approximate surface area is 120 Å². The van der Waals surface area contributed by atoms with Gasteiger partial charge in [-0.1, -0.05) is 36.8 Å². The van der Waals surface area contributed by atoms with Gasteiger partial charge in [-0.05, 0) is 44.5 Å². The number of aliphatic imine (C=N–C) groups is 1. The average Bonchev–Trinajstić information content (AvgIpc) is 2.98. The summed E-state index contributed by atoms with van der Waals surface area (Å²) >= 11 is 0. The van der Waals surface area contributed by atoms with Crippen LogP contribution in [0.3, 0.4) is 0 Å². The van der Waals surface area contributed by atoms with E-state index >= 15 is 0 Å². The second-order valence-electron chi connectivity index (χ2n) is 5.56. The summed E-state index contributed by atoms with van der Waals surface area (Å²) in [5.41, 5.74) is 4.15. The summed E-state index contributed by atoms with van der Waals surface area (Å²) in [4.78, 5) is 12.7. The van der Waals surface area contributed by atoms with E-state index in [9.17, 15) is 0 Å². The molecule has 2 heterocycles. The molecule has 1 fully saturated rings. The Morgan fingerprint density at radius 3 is 2.75 bits per heavy atom. The summed E-state index contributed by atoms with van der Waals surface area (Å²) in [7, 11) is 0. The van der Waals surface area contributed by atoms with E-state index < -0.39 is 0 Å². The van der Waals surface area contributed by atoms with E-state index in [-0.39, 0.29) is 6.17 Å². The summed E-state index contributed by atoms with van der Waals surface area (Å²) in [6, 6.07) is 10.2. The van der Waals surface area contributed by atoms with Crippen LogP contribution in [-0.2, 0) is 4.84 Å². The third kappa shape index (κ3) is 3.58. The van der Waals surface area contributed by atoms with Gasteiger partial charge in [0.2, 0.25) is 5.90 Å². The predicted octanol–water partition coefficient (Wildman–Crippen LogP) is 2.88. The van der Waals surface area contributed by atoms with E-state index in [0.717, 1.165) is 24.3 Å². The topological polar surface area (TPSA) is 36.9 Å². The Morgan fingerprint density at radius 1 is 1.15 bits per heavy atom. The van der Waals surface area contributed by atoms with Crippen molar-refractivity contribution in [1.29, 1.82) is 0 Å².